The second-order valence-corrected chi connectivity index (χ2v) is 6.87. The standard InChI is InChI=1S/C21H19BrN2O4/c1-12-6-5-7-13(2)19(12)24-21(26)16(11-23)8-15-9-17(22)20(28-14(3)25)18(10-15)27-4/h5-10H,1-4H3,(H,24,26). The number of hydrogen-bond acceptors (Lipinski definition) is 5. The summed E-state index contributed by atoms with van der Waals surface area (Å²) in [7, 11) is 1.43. The number of carbonyl (C=O) groups is 2. The smallest absolute Gasteiger partial charge is 0.308 e. The van der Waals surface area contributed by atoms with Gasteiger partial charge in [-0.2, -0.15) is 5.26 Å². The van der Waals surface area contributed by atoms with Gasteiger partial charge in [0.1, 0.15) is 11.6 Å². The first-order valence-electron chi connectivity index (χ1n) is 8.32. The number of benzene rings is 2. The van der Waals surface area contributed by atoms with Gasteiger partial charge in [0, 0.05) is 12.6 Å². The van der Waals surface area contributed by atoms with Crippen LogP contribution in [-0.2, 0) is 9.59 Å². The number of halogens is 1. The highest BCUT2D eigenvalue weighted by molar-refractivity contribution is 9.10. The summed E-state index contributed by atoms with van der Waals surface area (Å²) < 4.78 is 10.8. The van der Waals surface area contributed by atoms with Crippen LogP contribution in [0.15, 0.2) is 40.4 Å². The Labute approximate surface area is 171 Å². The van der Waals surface area contributed by atoms with Gasteiger partial charge in [0.05, 0.1) is 11.6 Å². The molecule has 0 fully saturated rings. The molecule has 6 nitrogen and oxygen atoms in total. The van der Waals surface area contributed by atoms with E-state index < -0.39 is 11.9 Å². The topological polar surface area (TPSA) is 88.4 Å². The van der Waals surface area contributed by atoms with Crippen molar-refractivity contribution in [2.45, 2.75) is 20.8 Å². The number of methoxy groups -OCH3 is 1. The molecule has 28 heavy (non-hydrogen) atoms. The van der Waals surface area contributed by atoms with Crippen LogP contribution in [-0.4, -0.2) is 19.0 Å². The number of aryl methyl sites for hydroxylation is 2. The highest BCUT2D eigenvalue weighted by Gasteiger charge is 2.16. The van der Waals surface area contributed by atoms with Crippen LogP contribution in [0, 0.1) is 25.2 Å². The van der Waals surface area contributed by atoms with E-state index in [-0.39, 0.29) is 11.3 Å². The minimum absolute atomic E-state index is 0.0724. The average molecular weight is 443 g/mol. The summed E-state index contributed by atoms with van der Waals surface area (Å²) in [5, 5.41) is 12.2. The molecule has 0 aliphatic rings. The first kappa shape index (κ1) is 21.2. The molecule has 2 aromatic carbocycles. The van der Waals surface area contributed by atoms with Crippen LogP contribution in [0.3, 0.4) is 0 Å². The Morgan fingerprint density at radius 2 is 1.86 bits per heavy atom. The molecule has 0 spiro atoms. The molecular weight excluding hydrogens is 424 g/mol. The number of ether oxygens (including phenoxy) is 2. The highest BCUT2D eigenvalue weighted by atomic mass is 79.9. The second kappa shape index (κ2) is 9.20. The molecule has 0 aromatic heterocycles. The van der Waals surface area contributed by atoms with Crippen LogP contribution < -0.4 is 14.8 Å². The third-order valence-electron chi connectivity index (χ3n) is 3.89. The van der Waals surface area contributed by atoms with E-state index >= 15 is 0 Å². The van der Waals surface area contributed by atoms with Crippen molar-refractivity contribution >= 4 is 39.6 Å². The van der Waals surface area contributed by atoms with Gasteiger partial charge in [-0.3, -0.25) is 9.59 Å². The maximum Gasteiger partial charge on any atom is 0.308 e. The monoisotopic (exact) mass is 442 g/mol. The van der Waals surface area contributed by atoms with Gasteiger partial charge in [0.2, 0.25) is 0 Å². The van der Waals surface area contributed by atoms with Crippen molar-refractivity contribution in [1.29, 1.82) is 5.26 Å². The van der Waals surface area contributed by atoms with E-state index in [0.717, 1.165) is 11.1 Å². The molecule has 7 heteroatoms. The quantitative estimate of drug-likeness (QED) is 0.317. The summed E-state index contributed by atoms with van der Waals surface area (Å²) in [6.07, 6.45) is 1.44. The zero-order chi connectivity index (χ0) is 20.8. The lowest BCUT2D eigenvalue weighted by atomic mass is 10.1. The van der Waals surface area contributed by atoms with E-state index in [1.54, 1.807) is 12.1 Å². The number of esters is 1. The summed E-state index contributed by atoms with van der Waals surface area (Å²) in [6, 6.07) is 10.8. The molecule has 2 rings (SSSR count). The molecule has 1 N–H and O–H groups in total. The fraction of sp³-hybridized carbons (Fsp3) is 0.190. The number of anilines is 1. The molecule has 144 valence electrons. The Balaban J connectivity index is 2.38. The number of nitrogens with zero attached hydrogens (tertiary/aromatic N) is 1. The van der Waals surface area contributed by atoms with E-state index in [1.807, 2.05) is 38.1 Å². The molecule has 0 saturated heterocycles. The van der Waals surface area contributed by atoms with Crippen LogP contribution in [0.5, 0.6) is 11.5 Å². The molecule has 1 amide bonds. The number of hydrogen-bond donors (Lipinski definition) is 1. The molecule has 0 saturated carbocycles. The SMILES string of the molecule is COc1cc(C=C(C#N)C(=O)Nc2c(C)cccc2C)cc(Br)c1OC(C)=O. The summed E-state index contributed by atoms with van der Waals surface area (Å²) in [6.45, 7) is 5.05. The van der Waals surface area contributed by atoms with Gasteiger partial charge < -0.3 is 14.8 Å². The van der Waals surface area contributed by atoms with Crippen LogP contribution in [0.25, 0.3) is 6.08 Å². The normalized spacial score (nSPS) is 10.8. The summed E-state index contributed by atoms with van der Waals surface area (Å²) >= 11 is 3.32. The van der Waals surface area contributed by atoms with Crippen LogP contribution in [0.4, 0.5) is 5.69 Å². The number of amides is 1. The van der Waals surface area contributed by atoms with Crippen LogP contribution >= 0.6 is 15.9 Å². The number of carbonyl (C=O) groups excluding carboxylic acids is 2. The largest absolute Gasteiger partial charge is 0.493 e. The third-order valence-corrected chi connectivity index (χ3v) is 4.48. The minimum Gasteiger partial charge on any atom is -0.493 e. The Morgan fingerprint density at radius 3 is 2.39 bits per heavy atom. The van der Waals surface area contributed by atoms with E-state index in [9.17, 15) is 14.9 Å². The van der Waals surface area contributed by atoms with Gasteiger partial charge in [0.15, 0.2) is 11.5 Å². The molecule has 2 aromatic rings. The predicted octanol–water partition coefficient (Wildman–Crippen LogP) is 4.55. The summed E-state index contributed by atoms with van der Waals surface area (Å²) in [5.41, 5.74) is 2.95. The van der Waals surface area contributed by atoms with Crippen molar-refractivity contribution in [3.63, 3.8) is 0 Å². The Bertz CT molecular complexity index is 986. The first-order valence-corrected chi connectivity index (χ1v) is 9.11. The molecular formula is C21H19BrN2O4. The highest BCUT2D eigenvalue weighted by Crippen LogP contribution is 2.37. The molecule has 0 aliphatic carbocycles. The van der Waals surface area contributed by atoms with E-state index in [1.165, 1.54) is 20.1 Å². The number of nitrogens with one attached hydrogen (secondary N) is 1. The first-order chi connectivity index (χ1) is 13.3. The minimum atomic E-state index is -0.515. The predicted molar refractivity (Wildman–Crippen MR) is 110 cm³/mol. The fourth-order valence-electron chi connectivity index (χ4n) is 2.57. The summed E-state index contributed by atoms with van der Waals surface area (Å²) in [4.78, 5) is 23.8. The molecule has 0 aliphatic heterocycles. The van der Waals surface area contributed by atoms with Crippen LogP contribution in [0.2, 0.25) is 0 Å². The van der Waals surface area contributed by atoms with Crippen molar-refractivity contribution in [2.75, 3.05) is 12.4 Å². The van der Waals surface area contributed by atoms with Gasteiger partial charge >= 0.3 is 5.97 Å². The van der Waals surface area contributed by atoms with Crippen molar-refractivity contribution < 1.29 is 19.1 Å². The Hall–Kier alpha value is -3.11. The van der Waals surface area contributed by atoms with Crippen molar-refractivity contribution in [2.24, 2.45) is 0 Å². The second-order valence-electron chi connectivity index (χ2n) is 6.02. The van der Waals surface area contributed by atoms with Gasteiger partial charge in [-0.05, 0) is 64.7 Å². The number of nitriles is 1. The van der Waals surface area contributed by atoms with E-state index in [0.29, 0.717) is 21.5 Å². The van der Waals surface area contributed by atoms with E-state index in [4.69, 9.17) is 9.47 Å². The zero-order valence-electron chi connectivity index (χ0n) is 15.9. The number of rotatable bonds is 5. The van der Waals surface area contributed by atoms with Gasteiger partial charge in [0.25, 0.3) is 5.91 Å². The maximum absolute atomic E-state index is 12.6. The van der Waals surface area contributed by atoms with Crippen LogP contribution in [0.1, 0.15) is 23.6 Å². The fourth-order valence-corrected chi connectivity index (χ4v) is 3.11. The van der Waals surface area contributed by atoms with Gasteiger partial charge in [-0.25, -0.2) is 0 Å². The number of para-hydroxylation sites is 1. The van der Waals surface area contributed by atoms with Gasteiger partial charge in [-0.15, -0.1) is 0 Å². The molecule has 0 unspecified atom stereocenters. The van der Waals surface area contributed by atoms with E-state index in [2.05, 4.69) is 21.2 Å². The summed E-state index contributed by atoms with van der Waals surface area (Å²) in [5.74, 6) is -0.485. The van der Waals surface area contributed by atoms with Crippen molar-refractivity contribution in [3.8, 4) is 17.6 Å². The van der Waals surface area contributed by atoms with Crippen molar-refractivity contribution in [1.82, 2.24) is 0 Å². The zero-order valence-corrected chi connectivity index (χ0v) is 17.5. The molecule has 0 atom stereocenters. The Kier molecular flexibility index (Phi) is 6.96. The van der Waals surface area contributed by atoms with Gasteiger partial charge in [-0.1, -0.05) is 18.2 Å². The lowest BCUT2D eigenvalue weighted by Crippen LogP contribution is -2.15. The molecule has 0 heterocycles. The Morgan fingerprint density at radius 1 is 1.21 bits per heavy atom. The molecule has 0 radical (unpaired) electrons. The average Bonchev–Trinajstić information content (AvgIpc) is 2.64. The molecule has 0 bridgehead atoms. The maximum atomic E-state index is 12.6. The van der Waals surface area contributed by atoms with Crippen molar-refractivity contribution in [3.05, 3.63) is 57.1 Å². The lowest BCUT2D eigenvalue weighted by molar-refractivity contribution is -0.132. The third kappa shape index (κ3) is 4.99. The lowest BCUT2D eigenvalue weighted by Gasteiger charge is -2.12.